The SMILES string of the molecule is CC(N)Cc1cc2ccccc2nc1N(C)C1CCOC1. The molecule has 1 saturated heterocycles. The first-order valence-electron chi connectivity index (χ1n) is 7.60. The van der Waals surface area contributed by atoms with Crippen molar-refractivity contribution in [2.24, 2.45) is 5.73 Å². The topological polar surface area (TPSA) is 51.4 Å². The van der Waals surface area contributed by atoms with Crippen LogP contribution in [0.3, 0.4) is 0 Å². The van der Waals surface area contributed by atoms with Crippen LogP contribution in [0.5, 0.6) is 0 Å². The van der Waals surface area contributed by atoms with Crippen molar-refractivity contribution in [2.45, 2.75) is 31.8 Å². The number of nitrogens with two attached hydrogens (primary N) is 1. The predicted molar refractivity (Wildman–Crippen MR) is 86.7 cm³/mol. The van der Waals surface area contributed by atoms with Gasteiger partial charge >= 0.3 is 0 Å². The number of pyridine rings is 1. The molecule has 0 saturated carbocycles. The lowest BCUT2D eigenvalue weighted by atomic mass is 10.0. The summed E-state index contributed by atoms with van der Waals surface area (Å²) in [6, 6.07) is 11.0. The van der Waals surface area contributed by atoms with E-state index >= 15 is 0 Å². The summed E-state index contributed by atoms with van der Waals surface area (Å²) in [5.41, 5.74) is 8.27. The maximum Gasteiger partial charge on any atom is 0.132 e. The van der Waals surface area contributed by atoms with Gasteiger partial charge in [-0.3, -0.25) is 0 Å². The number of aromatic nitrogens is 1. The molecular formula is C17H23N3O. The van der Waals surface area contributed by atoms with Gasteiger partial charge in [0.2, 0.25) is 0 Å². The van der Waals surface area contributed by atoms with E-state index in [4.69, 9.17) is 15.5 Å². The maximum absolute atomic E-state index is 6.02. The number of likely N-dealkylation sites (N-methyl/N-ethyl adjacent to an activating group) is 1. The van der Waals surface area contributed by atoms with E-state index in [9.17, 15) is 0 Å². The lowest BCUT2D eigenvalue weighted by Crippen LogP contribution is -2.34. The zero-order chi connectivity index (χ0) is 14.8. The number of nitrogens with zero attached hydrogens (tertiary/aromatic N) is 2. The highest BCUT2D eigenvalue weighted by atomic mass is 16.5. The van der Waals surface area contributed by atoms with Crippen LogP contribution in [0, 0.1) is 0 Å². The van der Waals surface area contributed by atoms with Gasteiger partial charge in [0.25, 0.3) is 0 Å². The van der Waals surface area contributed by atoms with Crippen LogP contribution in [0.1, 0.15) is 18.9 Å². The van der Waals surface area contributed by atoms with Gasteiger partial charge in [0.1, 0.15) is 5.82 Å². The second-order valence-electron chi connectivity index (χ2n) is 5.97. The molecule has 1 aliphatic rings. The van der Waals surface area contributed by atoms with Gasteiger partial charge in [0, 0.05) is 25.1 Å². The Morgan fingerprint density at radius 3 is 2.95 bits per heavy atom. The molecule has 0 radical (unpaired) electrons. The number of fused-ring (bicyclic) bond motifs is 1. The zero-order valence-corrected chi connectivity index (χ0v) is 12.7. The standard InChI is InChI=1S/C17H23N3O/c1-12(18)9-14-10-13-5-3-4-6-16(13)19-17(14)20(2)15-7-8-21-11-15/h3-6,10,12,15H,7-9,11,18H2,1-2H3. The number of hydrogen-bond acceptors (Lipinski definition) is 4. The van der Waals surface area contributed by atoms with E-state index < -0.39 is 0 Å². The van der Waals surface area contributed by atoms with Crippen LogP contribution in [-0.4, -0.2) is 37.3 Å². The Morgan fingerprint density at radius 2 is 2.24 bits per heavy atom. The molecule has 0 aliphatic carbocycles. The fraction of sp³-hybridized carbons (Fsp3) is 0.471. The highest BCUT2D eigenvalue weighted by molar-refractivity contribution is 5.81. The van der Waals surface area contributed by atoms with Gasteiger partial charge in [-0.25, -0.2) is 4.98 Å². The van der Waals surface area contributed by atoms with Crippen molar-refractivity contribution in [1.29, 1.82) is 0 Å². The molecule has 2 atom stereocenters. The molecule has 0 bridgehead atoms. The van der Waals surface area contributed by atoms with Crippen molar-refractivity contribution in [3.8, 4) is 0 Å². The molecule has 2 N–H and O–H groups in total. The summed E-state index contributed by atoms with van der Waals surface area (Å²) in [7, 11) is 2.11. The maximum atomic E-state index is 6.02. The minimum Gasteiger partial charge on any atom is -0.379 e. The van der Waals surface area contributed by atoms with Crippen molar-refractivity contribution in [2.75, 3.05) is 25.2 Å². The van der Waals surface area contributed by atoms with Crippen LogP contribution in [0.4, 0.5) is 5.82 Å². The molecule has 112 valence electrons. The average molecular weight is 285 g/mol. The summed E-state index contributed by atoms with van der Waals surface area (Å²) < 4.78 is 5.51. The third kappa shape index (κ3) is 3.01. The predicted octanol–water partition coefficient (Wildman–Crippen LogP) is 2.35. The zero-order valence-electron chi connectivity index (χ0n) is 12.7. The van der Waals surface area contributed by atoms with E-state index in [0.717, 1.165) is 37.4 Å². The monoisotopic (exact) mass is 285 g/mol. The summed E-state index contributed by atoms with van der Waals surface area (Å²) in [5, 5.41) is 1.17. The van der Waals surface area contributed by atoms with Crippen molar-refractivity contribution in [3.63, 3.8) is 0 Å². The molecule has 3 rings (SSSR count). The summed E-state index contributed by atoms with van der Waals surface area (Å²) in [6.07, 6.45) is 1.90. The molecule has 1 aromatic heterocycles. The van der Waals surface area contributed by atoms with Crippen LogP contribution >= 0.6 is 0 Å². The minimum atomic E-state index is 0.125. The minimum absolute atomic E-state index is 0.125. The van der Waals surface area contributed by atoms with Gasteiger partial charge in [0.05, 0.1) is 18.2 Å². The number of anilines is 1. The molecule has 2 unspecified atom stereocenters. The second kappa shape index (κ2) is 6.00. The highest BCUT2D eigenvalue weighted by Crippen LogP contribution is 2.27. The van der Waals surface area contributed by atoms with Crippen LogP contribution in [0.15, 0.2) is 30.3 Å². The lowest BCUT2D eigenvalue weighted by molar-refractivity contribution is 0.193. The van der Waals surface area contributed by atoms with Gasteiger partial charge in [-0.2, -0.15) is 0 Å². The van der Waals surface area contributed by atoms with Crippen LogP contribution < -0.4 is 10.6 Å². The van der Waals surface area contributed by atoms with Crippen LogP contribution in [0.25, 0.3) is 10.9 Å². The number of hydrogen-bond donors (Lipinski definition) is 1. The van der Waals surface area contributed by atoms with Crippen molar-refractivity contribution >= 4 is 16.7 Å². The Balaban J connectivity index is 2.04. The Labute approximate surface area is 125 Å². The molecule has 1 fully saturated rings. The first kappa shape index (κ1) is 14.3. The van der Waals surface area contributed by atoms with Gasteiger partial charge in [-0.1, -0.05) is 18.2 Å². The third-order valence-corrected chi connectivity index (χ3v) is 4.11. The van der Waals surface area contributed by atoms with Crippen LogP contribution in [0.2, 0.25) is 0 Å². The highest BCUT2D eigenvalue weighted by Gasteiger charge is 2.23. The molecule has 1 aromatic carbocycles. The quantitative estimate of drug-likeness (QED) is 0.937. The molecule has 4 nitrogen and oxygen atoms in total. The summed E-state index contributed by atoms with van der Waals surface area (Å²) in [6.45, 7) is 3.66. The number of rotatable bonds is 4. The van der Waals surface area contributed by atoms with Gasteiger partial charge in [0.15, 0.2) is 0 Å². The molecule has 1 aliphatic heterocycles. The first-order chi connectivity index (χ1) is 10.1. The smallest absolute Gasteiger partial charge is 0.132 e. The van der Waals surface area contributed by atoms with Crippen molar-refractivity contribution < 1.29 is 4.74 Å². The Morgan fingerprint density at radius 1 is 1.43 bits per heavy atom. The van der Waals surface area contributed by atoms with Crippen molar-refractivity contribution in [1.82, 2.24) is 4.98 Å². The fourth-order valence-electron chi connectivity index (χ4n) is 2.95. The molecule has 0 spiro atoms. The van der Waals surface area contributed by atoms with Crippen LogP contribution in [-0.2, 0) is 11.2 Å². The van der Waals surface area contributed by atoms with Crippen molar-refractivity contribution in [3.05, 3.63) is 35.9 Å². The normalized spacial score (nSPS) is 19.9. The van der Waals surface area contributed by atoms with E-state index in [-0.39, 0.29) is 6.04 Å². The summed E-state index contributed by atoms with van der Waals surface area (Å²) >= 11 is 0. The van der Waals surface area contributed by atoms with E-state index in [1.807, 2.05) is 19.1 Å². The summed E-state index contributed by atoms with van der Waals surface area (Å²) in [4.78, 5) is 7.15. The number of ether oxygens (including phenoxy) is 1. The van der Waals surface area contributed by atoms with E-state index in [1.165, 1.54) is 10.9 Å². The Bertz CT molecular complexity index is 620. The van der Waals surface area contributed by atoms with E-state index in [2.05, 4.69) is 30.1 Å². The Kier molecular flexibility index (Phi) is 4.08. The molecule has 2 heterocycles. The molecular weight excluding hydrogens is 262 g/mol. The second-order valence-corrected chi connectivity index (χ2v) is 5.97. The largest absolute Gasteiger partial charge is 0.379 e. The lowest BCUT2D eigenvalue weighted by Gasteiger charge is -2.27. The molecule has 2 aromatic rings. The molecule has 4 heteroatoms. The van der Waals surface area contributed by atoms with E-state index in [0.29, 0.717) is 6.04 Å². The average Bonchev–Trinajstić information content (AvgIpc) is 2.99. The Hall–Kier alpha value is -1.65. The third-order valence-electron chi connectivity index (χ3n) is 4.11. The molecule has 0 amide bonds. The summed E-state index contributed by atoms with van der Waals surface area (Å²) in [5.74, 6) is 1.04. The fourth-order valence-corrected chi connectivity index (χ4v) is 2.95. The number of benzene rings is 1. The van der Waals surface area contributed by atoms with Gasteiger partial charge in [-0.05, 0) is 37.5 Å². The van der Waals surface area contributed by atoms with E-state index in [1.54, 1.807) is 0 Å². The van der Waals surface area contributed by atoms with Gasteiger partial charge < -0.3 is 15.4 Å². The first-order valence-corrected chi connectivity index (χ1v) is 7.60. The van der Waals surface area contributed by atoms with Gasteiger partial charge in [-0.15, -0.1) is 0 Å². The number of para-hydroxylation sites is 1. The molecule has 21 heavy (non-hydrogen) atoms.